The molecule has 0 saturated carbocycles. The van der Waals surface area contributed by atoms with Crippen molar-refractivity contribution in [2.75, 3.05) is 54.6 Å². The number of hydrogen-bond acceptors (Lipinski definition) is 8. The quantitative estimate of drug-likeness (QED) is 0.609. The molecule has 3 heterocycles. The van der Waals surface area contributed by atoms with E-state index in [0.717, 1.165) is 44.6 Å². The number of hydrazone groups is 1. The van der Waals surface area contributed by atoms with Crippen LogP contribution in [0.5, 0.6) is 0 Å². The molecule has 2 aliphatic rings. The van der Waals surface area contributed by atoms with Crippen LogP contribution < -0.4 is 15.2 Å². The van der Waals surface area contributed by atoms with Crippen LogP contribution >= 0.6 is 11.6 Å². The van der Waals surface area contributed by atoms with Crippen molar-refractivity contribution >= 4 is 35.7 Å². The smallest absolute Gasteiger partial charge is 0.250 e. The van der Waals surface area contributed by atoms with Crippen molar-refractivity contribution in [2.45, 2.75) is 19.3 Å². The molecule has 0 spiro atoms. The van der Waals surface area contributed by atoms with Gasteiger partial charge in [0.05, 0.1) is 19.4 Å². The van der Waals surface area contributed by atoms with Crippen LogP contribution in [0.4, 0.5) is 17.8 Å². The zero-order valence-electron chi connectivity index (χ0n) is 15.7. The van der Waals surface area contributed by atoms with Gasteiger partial charge in [-0.15, -0.1) is 0 Å². The first-order chi connectivity index (χ1) is 13.8. The number of rotatable bonds is 5. The molecule has 1 aromatic heterocycles. The van der Waals surface area contributed by atoms with Gasteiger partial charge < -0.3 is 14.5 Å². The zero-order valence-corrected chi connectivity index (χ0v) is 16.5. The molecule has 2 aliphatic heterocycles. The lowest BCUT2D eigenvalue weighted by Gasteiger charge is -2.30. The van der Waals surface area contributed by atoms with Gasteiger partial charge in [-0.3, -0.25) is 0 Å². The summed E-state index contributed by atoms with van der Waals surface area (Å²) in [6, 6.07) is 7.46. The number of morpholine rings is 1. The first-order valence-corrected chi connectivity index (χ1v) is 10.0. The van der Waals surface area contributed by atoms with E-state index in [1.807, 2.05) is 24.3 Å². The van der Waals surface area contributed by atoms with Crippen LogP contribution in [0.2, 0.25) is 5.02 Å². The van der Waals surface area contributed by atoms with Crippen LogP contribution in [0.3, 0.4) is 0 Å². The van der Waals surface area contributed by atoms with Gasteiger partial charge in [-0.1, -0.05) is 23.7 Å². The fraction of sp³-hybridized carbons (Fsp3) is 0.474. The summed E-state index contributed by atoms with van der Waals surface area (Å²) in [5.41, 5.74) is 3.90. The zero-order chi connectivity index (χ0) is 19.2. The molecule has 0 atom stereocenters. The van der Waals surface area contributed by atoms with Gasteiger partial charge >= 0.3 is 0 Å². The average molecular weight is 402 g/mol. The van der Waals surface area contributed by atoms with Gasteiger partial charge in [0, 0.05) is 31.2 Å². The van der Waals surface area contributed by atoms with Crippen molar-refractivity contribution < 1.29 is 4.74 Å². The topological polar surface area (TPSA) is 78.8 Å². The number of nitrogens with one attached hydrogen (secondary N) is 1. The van der Waals surface area contributed by atoms with Gasteiger partial charge in [-0.2, -0.15) is 20.1 Å². The summed E-state index contributed by atoms with van der Waals surface area (Å²) in [6.07, 6.45) is 5.30. The maximum absolute atomic E-state index is 5.92. The van der Waals surface area contributed by atoms with Crippen LogP contribution in [0, 0.1) is 0 Å². The minimum Gasteiger partial charge on any atom is -0.378 e. The minimum atomic E-state index is 0.447. The number of hydrogen-bond donors (Lipinski definition) is 1. The Bertz CT molecular complexity index is 766. The molecule has 8 nitrogen and oxygen atoms in total. The third kappa shape index (κ3) is 4.88. The fourth-order valence-corrected chi connectivity index (χ4v) is 3.38. The molecule has 2 fully saturated rings. The molecule has 0 unspecified atom stereocenters. The molecule has 28 heavy (non-hydrogen) atoms. The predicted octanol–water partition coefficient (Wildman–Crippen LogP) is 2.80. The van der Waals surface area contributed by atoms with Crippen LogP contribution in [0.25, 0.3) is 0 Å². The second-order valence-corrected chi connectivity index (χ2v) is 7.26. The van der Waals surface area contributed by atoms with Crippen LogP contribution in [0.1, 0.15) is 24.8 Å². The maximum Gasteiger partial charge on any atom is 0.250 e. The summed E-state index contributed by atoms with van der Waals surface area (Å²) in [4.78, 5) is 18.3. The van der Waals surface area contributed by atoms with E-state index in [4.69, 9.17) is 21.3 Å². The van der Waals surface area contributed by atoms with E-state index in [0.29, 0.717) is 36.1 Å². The van der Waals surface area contributed by atoms with Crippen molar-refractivity contribution in [1.82, 2.24) is 15.0 Å². The molecule has 0 bridgehead atoms. The molecule has 148 valence electrons. The Morgan fingerprint density at radius 1 is 0.893 bits per heavy atom. The first-order valence-electron chi connectivity index (χ1n) is 9.66. The van der Waals surface area contributed by atoms with Gasteiger partial charge in [0.1, 0.15) is 0 Å². The number of piperidine rings is 1. The highest BCUT2D eigenvalue weighted by atomic mass is 35.5. The molecular weight excluding hydrogens is 378 g/mol. The molecule has 0 aliphatic carbocycles. The summed E-state index contributed by atoms with van der Waals surface area (Å²) < 4.78 is 5.45. The third-order valence-corrected chi connectivity index (χ3v) is 5.04. The molecule has 0 amide bonds. The maximum atomic E-state index is 5.92. The molecule has 2 saturated heterocycles. The van der Waals surface area contributed by atoms with E-state index in [2.05, 4.69) is 30.3 Å². The van der Waals surface area contributed by atoms with Crippen LogP contribution in [0.15, 0.2) is 29.4 Å². The fourth-order valence-electron chi connectivity index (χ4n) is 3.26. The Kier molecular flexibility index (Phi) is 6.18. The minimum absolute atomic E-state index is 0.447. The lowest BCUT2D eigenvalue weighted by atomic mass is 10.1. The highest BCUT2D eigenvalue weighted by molar-refractivity contribution is 6.30. The summed E-state index contributed by atoms with van der Waals surface area (Å²) in [5, 5.41) is 4.98. The average Bonchev–Trinajstić information content (AvgIpc) is 2.76. The molecule has 1 N–H and O–H groups in total. The number of halogens is 1. The van der Waals surface area contributed by atoms with Crippen molar-refractivity contribution in [3.05, 3.63) is 34.9 Å². The number of ether oxygens (including phenoxy) is 1. The van der Waals surface area contributed by atoms with Crippen molar-refractivity contribution in [1.29, 1.82) is 0 Å². The molecule has 0 radical (unpaired) electrons. The highest BCUT2D eigenvalue weighted by Gasteiger charge is 2.20. The van der Waals surface area contributed by atoms with Crippen LogP contribution in [-0.2, 0) is 4.74 Å². The predicted molar refractivity (Wildman–Crippen MR) is 112 cm³/mol. The van der Waals surface area contributed by atoms with Crippen molar-refractivity contribution in [3.8, 4) is 0 Å². The second kappa shape index (κ2) is 9.16. The summed E-state index contributed by atoms with van der Waals surface area (Å²) in [5.74, 6) is 1.82. The summed E-state index contributed by atoms with van der Waals surface area (Å²) >= 11 is 5.92. The number of aromatic nitrogens is 3. The van der Waals surface area contributed by atoms with E-state index in [9.17, 15) is 0 Å². The largest absolute Gasteiger partial charge is 0.378 e. The standard InChI is InChI=1S/C19H24ClN7O/c20-16-6-4-15(5-7-16)14-21-25-17-22-18(26-8-2-1-3-9-26)24-19(23-17)27-10-12-28-13-11-27/h4-7,14H,1-3,8-13H2,(H,22,23,24,25). The molecular formula is C19H24ClN7O. The molecule has 9 heteroatoms. The van der Waals surface area contributed by atoms with Gasteiger partial charge in [0.15, 0.2) is 0 Å². The third-order valence-electron chi connectivity index (χ3n) is 4.79. The Morgan fingerprint density at radius 2 is 1.54 bits per heavy atom. The van der Waals surface area contributed by atoms with E-state index in [1.54, 1.807) is 6.21 Å². The normalized spacial score (nSPS) is 17.9. The molecule has 1 aromatic carbocycles. The van der Waals surface area contributed by atoms with Gasteiger partial charge in [-0.25, -0.2) is 5.43 Å². The Balaban J connectivity index is 1.54. The highest BCUT2D eigenvalue weighted by Crippen LogP contribution is 2.21. The Morgan fingerprint density at radius 3 is 2.21 bits per heavy atom. The Labute approximate surface area is 169 Å². The number of nitrogens with zero attached hydrogens (tertiary/aromatic N) is 6. The van der Waals surface area contributed by atoms with Crippen LogP contribution in [-0.4, -0.2) is 60.6 Å². The van der Waals surface area contributed by atoms with Crippen molar-refractivity contribution in [3.63, 3.8) is 0 Å². The first kappa shape index (κ1) is 18.9. The van der Waals surface area contributed by atoms with Gasteiger partial charge in [-0.05, 0) is 37.0 Å². The summed E-state index contributed by atoms with van der Waals surface area (Å²) in [7, 11) is 0. The lowest BCUT2D eigenvalue weighted by Crippen LogP contribution is -2.38. The van der Waals surface area contributed by atoms with E-state index in [1.165, 1.54) is 6.42 Å². The molecule has 4 rings (SSSR count). The summed E-state index contributed by atoms with van der Waals surface area (Å²) in [6.45, 7) is 4.86. The monoisotopic (exact) mass is 401 g/mol. The van der Waals surface area contributed by atoms with Gasteiger partial charge in [0.25, 0.3) is 0 Å². The molecule has 2 aromatic rings. The number of benzene rings is 1. The van der Waals surface area contributed by atoms with Gasteiger partial charge in [0.2, 0.25) is 17.8 Å². The lowest BCUT2D eigenvalue weighted by molar-refractivity contribution is 0.122. The van der Waals surface area contributed by atoms with E-state index >= 15 is 0 Å². The number of anilines is 3. The SMILES string of the molecule is Clc1ccc(C=NNc2nc(N3CCCCC3)nc(N3CCOCC3)n2)cc1. The second-order valence-electron chi connectivity index (χ2n) is 6.83. The Hall–Kier alpha value is -2.45. The van der Waals surface area contributed by atoms with Crippen molar-refractivity contribution in [2.24, 2.45) is 5.10 Å². The van der Waals surface area contributed by atoms with E-state index < -0.39 is 0 Å². The van der Waals surface area contributed by atoms with E-state index in [-0.39, 0.29) is 0 Å².